The number of benzene rings is 1. The average Bonchev–Trinajstić information content (AvgIpc) is 3.13. The maximum Gasteiger partial charge on any atom is 0.123 e. The molecule has 2 aliphatic rings. The van der Waals surface area contributed by atoms with Crippen molar-refractivity contribution in [2.75, 3.05) is 26.2 Å². The quantitative estimate of drug-likeness (QED) is 0.827. The molecular weight excluding hydrogens is 248 g/mol. The van der Waals surface area contributed by atoms with E-state index in [-0.39, 0.29) is 0 Å². The Morgan fingerprint density at radius 2 is 2.05 bits per heavy atom. The molecule has 1 aromatic rings. The zero-order valence-electron chi connectivity index (χ0n) is 12.5. The molecule has 0 spiro atoms. The lowest BCUT2D eigenvalue weighted by Gasteiger charge is -2.17. The largest absolute Gasteiger partial charge is 0.492 e. The van der Waals surface area contributed by atoms with Gasteiger partial charge in [-0.3, -0.25) is 4.90 Å². The normalized spacial score (nSPS) is 19.4. The van der Waals surface area contributed by atoms with Gasteiger partial charge in [0.05, 0.1) is 0 Å². The van der Waals surface area contributed by atoms with Crippen LogP contribution >= 0.6 is 0 Å². The zero-order valence-corrected chi connectivity index (χ0v) is 12.5. The Labute approximate surface area is 122 Å². The molecular formula is C17H26N2O. The molecule has 110 valence electrons. The highest BCUT2D eigenvalue weighted by atomic mass is 16.5. The summed E-state index contributed by atoms with van der Waals surface area (Å²) in [5, 5.41) is 3.58. The predicted molar refractivity (Wildman–Crippen MR) is 82.2 cm³/mol. The molecule has 0 atom stereocenters. The SMILES string of the molecule is Cc1ccc(OCCN2CCCC2)c(CNC2CC2)c1. The first-order valence-electron chi connectivity index (χ1n) is 7.99. The van der Waals surface area contributed by atoms with Crippen LogP contribution in [0.5, 0.6) is 5.75 Å². The smallest absolute Gasteiger partial charge is 0.123 e. The van der Waals surface area contributed by atoms with Gasteiger partial charge in [0.15, 0.2) is 0 Å². The summed E-state index contributed by atoms with van der Waals surface area (Å²) >= 11 is 0. The summed E-state index contributed by atoms with van der Waals surface area (Å²) in [6.45, 7) is 7.43. The fraction of sp³-hybridized carbons (Fsp3) is 0.647. The van der Waals surface area contributed by atoms with E-state index >= 15 is 0 Å². The number of ether oxygens (including phenoxy) is 1. The maximum absolute atomic E-state index is 6.03. The number of aryl methyl sites for hydroxylation is 1. The highest BCUT2D eigenvalue weighted by molar-refractivity contribution is 5.37. The monoisotopic (exact) mass is 274 g/mol. The first-order chi connectivity index (χ1) is 9.81. The third kappa shape index (κ3) is 3.97. The van der Waals surface area contributed by atoms with Crippen LogP contribution in [0.15, 0.2) is 18.2 Å². The van der Waals surface area contributed by atoms with Crippen molar-refractivity contribution < 1.29 is 4.74 Å². The Balaban J connectivity index is 1.52. The molecule has 0 radical (unpaired) electrons. The number of hydrogen-bond acceptors (Lipinski definition) is 3. The van der Waals surface area contributed by atoms with Crippen LogP contribution in [0.1, 0.15) is 36.8 Å². The van der Waals surface area contributed by atoms with Gasteiger partial charge in [-0.25, -0.2) is 0 Å². The Kier molecular flexibility index (Phi) is 4.58. The van der Waals surface area contributed by atoms with Crippen LogP contribution in [0, 0.1) is 6.92 Å². The summed E-state index contributed by atoms with van der Waals surface area (Å²) in [6, 6.07) is 7.27. The number of nitrogens with zero attached hydrogens (tertiary/aromatic N) is 1. The van der Waals surface area contributed by atoms with Crippen LogP contribution in [0.2, 0.25) is 0 Å². The van der Waals surface area contributed by atoms with Gasteiger partial charge in [0.25, 0.3) is 0 Å². The average molecular weight is 274 g/mol. The third-order valence-corrected chi connectivity index (χ3v) is 4.24. The molecule has 20 heavy (non-hydrogen) atoms. The number of nitrogens with one attached hydrogen (secondary N) is 1. The van der Waals surface area contributed by atoms with E-state index in [4.69, 9.17) is 4.74 Å². The second-order valence-electron chi connectivity index (χ2n) is 6.16. The second kappa shape index (κ2) is 6.59. The van der Waals surface area contributed by atoms with Crippen LogP contribution in [0.4, 0.5) is 0 Å². The topological polar surface area (TPSA) is 24.5 Å². The van der Waals surface area contributed by atoms with E-state index < -0.39 is 0 Å². The van der Waals surface area contributed by atoms with Crippen molar-refractivity contribution >= 4 is 0 Å². The molecule has 1 aliphatic heterocycles. The predicted octanol–water partition coefficient (Wildman–Crippen LogP) is 2.72. The fourth-order valence-corrected chi connectivity index (χ4v) is 2.82. The first-order valence-corrected chi connectivity index (χ1v) is 7.99. The Hall–Kier alpha value is -1.06. The van der Waals surface area contributed by atoms with Crippen molar-refractivity contribution in [1.29, 1.82) is 0 Å². The molecule has 1 N–H and O–H groups in total. The summed E-state index contributed by atoms with van der Waals surface area (Å²) < 4.78 is 6.03. The summed E-state index contributed by atoms with van der Waals surface area (Å²) in [5.74, 6) is 1.06. The van der Waals surface area contributed by atoms with E-state index in [0.717, 1.165) is 31.5 Å². The third-order valence-electron chi connectivity index (χ3n) is 4.24. The van der Waals surface area contributed by atoms with E-state index in [0.29, 0.717) is 0 Å². The van der Waals surface area contributed by atoms with Crippen LogP contribution in [0.25, 0.3) is 0 Å². The van der Waals surface area contributed by atoms with E-state index in [2.05, 4.69) is 35.3 Å². The Morgan fingerprint density at radius 3 is 2.80 bits per heavy atom. The van der Waals surface area contributed by atoms with Crippen molar-refractivity contribution in [1.82, 2.24) is 10.2 Å². The first kappa shape index (κ1) is 13.9. The lowest BCUT2D eigenvalue weighted by Crippen LogP contribution is -2.25. The fourth-order valence-electron chi connectivity index (χ4n) is 2.82. The van der Waals surface area contributed by atoms with Gasteiger partial charge >= 0.3 is 0 Å². The molecule has 0 bridgehead atoms. The van der Waals surface area contributed by atoms with Gasteiger partial charge in [-0.1, -0.05) is 17.7 Å². The zero-order chi connectivity index (χ0) is 13.8. The van der Waals surface area contributed by atoms with Gasteiger partial charge in [0.2, 0.25) is 0 Å². The lowest BCUT2D eigenvalue weighted by atomic mass is 10.1. The molecule has 1 aromatic carbocycles. The molecule has 0 aromatic heterocycles. The second-order valence-corrected chi connectivity index (χ2v) is 6.16. The molecule has 0 unspecified atom stereocenters. The van der Waals surface area contributed by atoms with Crippen LogP contribution < -0.4 is 10.1 Å². The van der Waals surface area contributed by atoms with Crippen LogP contribution in [-0.2, 0) is 6.54 Å². The summed E-state index contributed by atoms with van der Waals surface area (Å²) in [4.78, 5) is 2.50. The lowest BCUT2D eigenvalue weighted by molar-refractivity contribution is 0.236. The van der Waals surface area contributed by atoms with E-state index in [1.807, 2.05) is 0 Å². The van der Waals surface area contributed by atoms with Gasteiger partial charge in [-0.15, -0.1) is 0 Å². The molecule has 3 heteroatoms. The van der Waals surface area contributed by atoms with Crippen molar-refractivity contribution in [3.05, 3.63) is 29.3 Å². The van der Waals surface area contributed by atoms with Crippen molar-refractivity contribution in [3.8, 4) is 5.75 Å². The standard InChI is InChI=1S/C17H26N2O/c1-14-4-7-17(15(12-14)13-18-16-5-6-16)20-11-10-19-8-2-3-9-19/h4,7,12,16,18H,2-3,5-6,8-11,13H2,1H3. The van der Waals surface area contributed by atoms with Crippen LogP contribution in [0.3, 0.4) is 0 Å². The molecule has 3 rings (SSSR count). The van der Waals surface area contributed by atoms with E-state index in [9.17, 15) is 0 Å². The number of likely N-dealkylation sites (tertiary alicyclic amines) is 1. The van der Waals surface area contributed by atoms with Crippen molar-refractivity contribution in [3.63, 3.8) is 0 Å². The molecule has 1 saturated carbocycles. The number of hydrogen-bond donors (Lipinski definition) is 1. The Bertz CT molecular complexity index is 437. The van der Waals surface area contributed by atoms with Gasteiger partial charge in [-0.2, -0.15) is 0 Å². The minimum atomic E-state index is 0.743. The number of rotatable bonds is 7. The van der Waals surface area contributed by atoms with Gasteiger partial charge < -0.3 is 10.1 Å². The highest BCUT2D eigenvalue weighted by Gasteiger charge is 2.20. The summed E-state index contributed by atoms with van der Waals surface area (Å²) in [7, 11) is 0. The van der Waals surface area contributed by atoms with Crippen molar-refractivity contribution in [2.24, 2.45) is 0 Å². The van der Waals surface area contributed by atoms with Gasteiger partial charge in [0, 0.05) is 24.7 Å². The highest BCUT2D eigenvalue weighted by Crippen LogP contribution is 2.23. The molecule has 1 heterocycles. The molecule has 1 saturated heterocycles. The van der Waals surface area contributed by atoms with E-state index in [1.54, 1.807) is 0 Å². The summed E-state index contributed by atoms with van der Waals surface area (Å²) in [6.07, 6.45) is 5.36. The molecule has 3 nitrogen and oxygen atoms in total. The van der Waals surface area contributed by atoms with E-state index in [1.165, 1.54) is 49.9 Å². The van der Waals surface area contributed by atoms with Crippen molar-refractivity contribution in [2.45, 2.75) is 45.2 Å². The van der Waals surface area contributed by atoms with Crippen LogP contribution in [-0.4, -0.2) is 37.2 Å². The Morgan fingerprint density at radius 1 is 1.25 bits per heavy atom. The molecule has 2 fully saturated rings. The minimum absolute atomic E-state index is 0.743. The molecule has 1 aliphatic carbocycles. The minimum Gasteiger partial charge on any atom is -0.492 e. The van der Waals surface area contributed by atoms with Gasteiger partial charge in [-0.05, 0) is 51.8 Å². The van der Waals surface area contributed by atoms with Gasteiger partial charge in [0.1, 0.15) is 12.4 Å². The molecule has 0 amide bonds. The maximum atomic E-state index is 6.03. The summed E-state index contributed by atoms with van der Waals surface area (Å²) in [5.41, 5.74) is 2.61.